The Morgan fingerprint density at radius 1 is 1.38 bits per heavy atom. The highest BCUT2D eigenvalue weighted by atomic mass is 16.6. The first-order valence-corrected chi connectivity index (χ1v) is 9.38. The van der Waals surface area contributed by atoms with E-state index in [9.17, 15) is 0 Å². The van der Waals surface area contributed by atoms with Crippen molar-refractivity contribution in [3.05, 3.63) is 54.3 Å². The Labute approximate surface area is 155 Å². The number of hydrogen-bond acceptors (Lipinski definition) is 5. The van der Waals surface area contributed by atoms with Crippen LogP contribution in [0.15, 0.2) is 54.3 Å². The fourth-order valence-electron chi connectivity index (χ4n) is 4.13. The van der Waals surface area contributed by atoms with E-state index < -0.39 is 0 Å². The first-order chi connectivity index (χ1) is 12.7. The van der Waals surface area contributed by atoms with Gasteiger partial charge in [0.25, 0.3) is 5.88 Å². The van der Waals surface area contributed by atoms with E-state index in [1.165, 1.54) is 18.7 Å². The second-order valence-corrected chi connectivity index (χ2v) is 7.42. The van der Waals surface area contributed by atoms with Crippen molar-refractivity contribution in [3.63, 3.8) is 0 Å². The molecule has 1 saturated heterocycles. The number of nitrogens with zero attached hydrogens (tertiary/aromatic N) is 2. The van der Waals surface area contributed by atoms with Gasteiger partial charge in [0.05, 0.1) is 0 Å². The summed E-state index contributed by atoms with van der Waals surface area (Å²) >= 11 is 0. The molecule has 2 N–H and O–H groups in total. The summed E-state index contributed by atoms with van der Waals surface area (Å²) in [6.45, 7) is 10.9. The molecule has 1 aromatic rings. The molecule has 2 fully saturated rings. The number of rotatable bonds is 6. The van der Waals surface area contributed by atoms with Crippen LogP contribution < -0.4 is 15.2 Å². The summed E-state index contributed by atoms with van der Waals surface area (Å²) in [4.78, 5) is 6.75. The van der Waals surface area contributed by atoms with Crippen LogP contribution in [0.25, 0.3) is 0 Å². The van der Waals surface area contributed by atoms with Crippen molar-refractivity contribution in [2.24, 2.45) is 23.5 Å². The molecule has 26 heavy (non-hydrogen) atoms. The second kappa shape index (κ2) is 7.25. The SMILES string of the molecule is C=C(/C=C\C(=C/C)CN1C[C@@H]2[C@@H](CN)[C@@H]2C1)[C@H]1COc2cccnc2O1. The molecule has 5 nitrogen and oxygen atoms in total. The summed E-state index contributed by atoms with van der Waals surface area (Å²) in [5.41, 5.74) is 8.00. The van der Waals surface area contributed by atoms with Gasteiger partial charge in [-0.25, -0.2) is 4.98 Å². The van der Waals surface area contributed by atoms with Crippen LogP contribution in [-0.2, 0) is 0 Å². The minimum absolute atomic E-state index is 0.198. The van der Waals surface area contributed by atoms with Gasteiger partial charge in [-0.1, -0.05) is 24.8 Å². The fraction of sp³-hybridized carbons (Fsp3) is 0.476. The molecule has 0 spiro atoms. The minimum atomic E-state index is -0.198. The molecular weight excluding hydrogens is 326 g/mol. The zero-order chi connectivity index (χ0) is 18.1. The van der Waals surface area contributed by atoms with Crippen LogP contribution in [-0.4, -0.2) is 48.8 Å². The smallest absolute Gasteiger partial charge is 0.257 e. The summed E-state index contributed by atoms with van der Waals surface area (Å²) in [5, 5.41) is 0. The monoisotopic (exact) mass is 353 g/mol. The van der Waals surface area contributed by atoms with Gasteiger partial charge in [0.15, 0.2) is 11.9 Å². The van der Waals surface area contributed by atoms with E-state index in [-0.39, 0.29) is 6.10 Å². The lowest BCUT2D eigenvalue weighted by Gasteiger charge is -2.25. The number of likely N-dealkylation sites (tertiary alicyclic amines) is 1. The predicted octanol–water partition coefficient (Wildman–Crippen LogP) is 2.42. The number of piperidine rings is 1. The predicted molar refractivity (Wildman–Crippen MR) is 102 cm³/mol. The fourth-order valence-corrected chi connectivity index (χ4v) is 4.13. The van der Waals surface area contributed by atoms with E-state index in [1.807, 2.05) is 18.2 Å². The van der Waals surface area contributed by atoms with Crippen molar-refractivity contribution in [3.8, 4) is 11.6 Å². The summed E-state index contributed by atoms with van der Waals surface area (Å²) in [6, 6.07) is 3.71. The molecule has 5 heteroatoms. The standard InChI is InChI=1S/C21H27N3O2/c1-3-15(10-24-11-17-16(9-22)18(17)12-24)7-6-14(2)20-13-25-19-5-4-8-23-21(19)26-20/h3-8,16-18,20H,2,9-13,22H2,1H3/b7-6-,15-3+/t16-,17-,18+,20-/m1/s1. The summed E-state index contributed by atoms with van der Waals surface area (Å²) in [7, 11) is 0. The van der Waals surface area contributed by atoms with Crippen molar-refractivity contribution in [2.45, 2.75) is 13.0 Å². The highest BCUT2D eigenvalue weighted by molar-refractivity contribution is 5.37. The number of aromatic nitrogens is 1. The average molecular weight is 353 g/mol. The van der Waals surface area contributed by atoms with Crippen molar-refractivity contribution < 1.29 is 9.47 Å². The highest BCUT2D eigenvalue weighted by Crippen LogP contribution is 2.50. The Kier molecular flexibility index (Phi) is 4.83. The molecule has 3 heterocycles. The number of pyridine rings is 1. The van der Waals surface area contributed by atoms with Crippen LogP contribution >= 0.6 is 0 Å². The lowest BCUT2D eigenvalue weighted by Crippen LogP contribution is -2.30. The van der Waals surface area contributed by atoms with E-state index in [4.69, 9.17) is 15.2 Å². The van der Waals surface area contributed by atoms with E-state index >= 15 is 0 Å². The van der Waals surface area contributed by atoms with Crippen molar-refractivity contribution in [2.75, 3.05) is 32.8 Å². The number of allylic oxidation sites excluding steroid dienone is 1. The highest BCUT2D eigenvalue weighted by Gasteiger charge is 2.54. The average Bonchev–Trinajstić information content (AvgIpc) is 3.16. The van der Waals surface area contributed by atoms with Gasteiger partial charge in [0.1, 0.15) is 6.61 Å². The molecule has 4 atom stereocenters. The first kappa shape index (κ1) is 17.3. The van der Waals surface area contributed by atoms with E-state index in [0.717, 1.165) is 36.4 Å². The summed E-state index contributed by atoms with van der Waals surface area (Å²) in [6.07, 6.45) is 7.86. The second-order valence-electron chi connectivity index (χ2n) is 7.42. The van der Waals surface area contributed by atoms with Gasteiger partial charge in [-0.3, -0.25) is 4.90 Å². The molecule has 2 aliphatic heterocycles. The molecule has 3 aliphatic rings. The molecule has 0 unspecified atom stereocenters. The summed E-state index contributed by atoms with van der Waals surface area (Å²) < 4.78 is 11.6. The van der Waals surface area contributed by atoms with Gasteiger partial charge in [-0.15, -0.1) is 0 Å². The maximum Gasteiger partial charge on any atom is 0.257 e. The maximum absolute atomic E-state index is 5.91. The Morgan fingerprint density at radius 2 is 2.19 bits per heavy atom. The van der Waals surface area contributed by atoms with Crippen molar-refractivity contribution in [1.29, 1.82) is 0 Å². The molecule has 138 valence electrons. The Hall–Kier alpha value is -2.11. The minimum Gasteiger partial charge on any atom is -0.484 e. The number of hydrogen-bond donors (Lipinski definition) is 1. The van der Waals surface area contributed by atoms with Gasteiger partial charge in [-0.05, 0) is 54.5 Å². The first-order valence-electron chi connectivity index (χ1n) is 9.38. The zero-order valence-corrected chi connectivity index (χ0v) is 15.3. The third-order valence-electron chi connectivity index (χ3n) is 5.80. The number of nitrogens with two attached hydrogens (primary N) is 1. The van der Waals surface area contributed by atoms with Gasteiger partial charge < -0.3 is 15.2 Å². The Morgan fingerprint density at radius 3 is 2.92 bits per heavy atom. The maximum atomic E-state index is 5.91. The van der Waals surface area contributed by atoms with Crippen LogP contribution in [0, 0.1) is 17.8 Å². The van der Waals surface area contributed by atoms with E-state index in [2.05, 4.69) is 35.5 Å². The molecular formula is C21H27N3O2. The molecule has 1 aromatic heterocycles. The zero-order valence-electron chi connectivity index (χ0n) is 15.3. The molecule has 0 aromatic carbocycles. The van der Waals surface area contributed by atoms with Crippen molar-refractivity contribution in [1.82, 2.24) is 9.88 Å². The molecule has 4 rings (SSSR count). The van der Waals surface area contributed by atoms with Crippen LogP contribution in [0.1, 0.15) is 6.92 Å². The van der Waals surface area contributed by atoms with Crippen LogP contribution in [0.2, 0.25) is 0 Å². The third kappa shape index (κ3) is 3.41. The summed E-state index contributed by atoms with van der Waals surface area (Å²) in [5.74, 6) is 3.67. The van der Waals surface area contributed by atoms with Crippen molar-refractivity contribution >= 4 is 0 Å². The third-order valence-corrected chi connectivity index (χ3v) is 5.80. The Balaban J connectivity index is 1.30. The molecule has 0 bridgehead atoms. The van der Waals surface area contributed by atoms with E-state index in [1.54, 1.807) is 6.20 Å². The van der Waals surface area contributed by atoms with Crippen LogP contribution in [0.5, 0.6) is 11.6 Å². The van der Waals surface area contributed by atoms with Gasteiger partial charge in [0, 0.05) is 25.8 Å². The quantitative estimate of drug-likeness (QED) is 0.796. The number of ether oxygens (including phenoxy) is 2. The Bertz CT molecular complexity index is 731. The normalized spacial score (nSPS) is 30.5. The molecule has 1 saturated carbocycles. The molecule has 1 aliphatic carbocycles. The number of fused-ring (bicyclic) bond motifs is 2. The van der Waals surface area contributed by atoms with Crippen LogP contribution in [0.4, 0.5) is 0 Å². The van der Waals surface area contributed by atoms with Gasteiger partial charge >= 0.3 is 0 Å². The topological polar surface area (TPSA) is 60.6 Å². The van der Waals surface area contributed by atoms with Gasteiger partial charge in [-0.2, -0.15) is 0 Å². The van der Waals surface area contributed by atoms with Gasteiger partial charge in [0.2, 0.25) is 0 Å². The lowest BCUT2D eigenvalue weighted by atomic mass is 10.1. The lowest BCUT2D eigenvalue weighted by molar-refractivity contribution is 0.111. The molecule has 0 radical (unpaired) electrons. The van der Waals surface area contributed by atoms with E-state index in [0.29, 0.717) is 18.2 Å². The molecule has 0 amide bonds. The van der Waals surface area contributed by atoms with Crippen LogP contribution in [0.3, 0.4) is 0 Å². The largest absolute Gasteiger partial charge is 0.484 e.